The van der Waals surface area contributed by atoms with Gasteiger partial charge in [0.05, 0.1) is 6.04 Å². The number of rotatable bonds is 3. The minimum Gasteiger partial charge on any atom is -0.340 e. The molecule has 0 bridgehead atoms. The smallest absolute Gasteiger partial charge is 0.240 e. The van der Waals surface area contributed by atoms with Crippen LogP contribution in [0.15, 0.2) is 28.7 Å². The third-order valence-corrected chi connectivity index (χ3v) is 4.47. The van der Waals surface area contributed by atoms with Crippen molar-refractivity contribution in [2.75, 3.05) is 18.7 Å². The Kier molecular flexibility index (Phi) is 6.49. The number of hydrogen-bond donors (Lipinski definition) is 1. The van der Waals surface area contributed by atoms with Crippen LogP contribution < -0.4 is 5.32 Å². The normalized spacial score (nSPS) is 18.2. The molecule has 0 aliphatic carbocycles. The number of benzene rings is 1. The molecule has 18 heavy (non-hydrogen) atoms. The lowest BCUT2D eigenvalue weighted by atomic mass is 10.2. The van der Waals surface area contributed by atoms with Crippen LogP contribution >= 0.6 is 40.1 Å². The van der Waals surface area contributed by atoms with Gasteiger partial charge in [-0.1, -0.05) is 34.1 Å². The lowest BCUT2D eigenvalue weighted by Gasteiger charge is -2.21. The van der Waals surface area contributed by atoms with Crippen molar-refractivity contribution in [3.8, 4) is 0 Å². The quantitative estimate of drug-likeness (QED) is 0.908. The highest BCUT2D eigenvalue weighted by atomic mass is 79.9. The van der Waals surface area contributed by atoms with Crippen LogP contribution in [0.3, 0.4) is 0 Å². The van der Waals surface area contributed by atoms with Gasteiger partial charge in [0.15, 0.2) is 0 Å². The second-order valence-corrected chi connectivity index (χ2v) is 5.94. The summed E-state index contributed by atoms with van der Waals surface area (Å²) < 4.78 is 1.05. The fourth-order valence-electron chi connectivity index (χ4n) is 1.78. The van der Waals surface area contributed by atoms with E-state index in [1.54, 1.807) is 16.7 Å². The van der Waals surface area contributed by atoms with E-state index in [2.05, 4.69) is 21.2 Å². The first-order chi connectivity index (χ1) is 8.18. The number of nitrogens with one attached hydrogen (secondary N) is 1. The third kappa shape index (κ3) is 3.88. The van der Waals surface area contributed by atoms with Crippen molar-refractivity contribution >= 4 is 46.0 Å². The van der Waals surface area contributed by atoms with Crippen molar-refractivity contribution in [3.05, 3.63) is 34.3 Å². The molecule has 0 aromatic heterocycles. The molecule has 1 amide bonds. The molecule has 1 N–H and O–H groups in total. The van der Waals surface area contributed by atoms with Gasteiger partial charge in [-0.25, -0.2) is 0 Å². The first-order valence-electron chi connectivity index (χ1n) is 5.48. The molecular weight excluding hydrogens is 336 g/mol. The van der Waals surface area contributed by atoms with E-state index in [0.29, 0.717) is 6.54 Å². The van der Waals surface area contributed by atoms with E-state index in [-0.39, 0.29) is 24.4 Å². The molecular formula is C12H16BrClN2OS. The van der Waals surface area contributed by atoms with Crippen LogP contribution in [0, 0.1) is 0 Å². The van der Waals surface area contributed by atoms with E-state index in [9.17, 15) is 4.79 Å². The Hall–Kier alpha value is -0.230. The molecule has 1 aromatic carbocycles. The van der Waals surface area contributed by atoms with Gasteiger partial charge in [-0.15, -0.1) is 24.2 Å². The second-order valence-electron chi connectivity index (χ2n) is 4.06. The van der Waals surface area contributed by atoms with Crippen molar-refractivity contribution in [1.82, 2.24) is 10.2 Å². The van der Waals surface area contributed by atoms with Crippen molar-refractivity contribution in [1.29, 1.82) is 0 Å². The summed E-state index contributed by atoms with van der Waals surface area (Å²) >= 11 is 5.27. The average molecular weight is 352 g/mol. The zero-order chi connectivity index (χ0) is 12.3. The fraction of sp³-hybridized carbons (Fsp3) is 0.417. The Bertz CT molecular complexity index is 413. The average Bonchev–Trinajstić information content (AvgIpc) is 2.84. The maximum Gasteiger partial charge on any atom is 0.240 e. The summed E-state index contributed by atoms with van der Waals surface area (Å²) in [5, 5.41) is 3.20. The molecule has 1 saturated heterocycles. The van der Waals surface area contributed by atoms with Crippen LogP contribution in [0.25, 0.3) is 0 Å². The topological polar surface area (TPSA) is 32.3 Å². The largest absolute Gasteiger partial charge is 0.340 e. The number of amides is 1. The van der Waals surface area contributed by atoms with Gasteiger partial charge in [0.1, 0.15) is 0 Å². The number of carbonyl (C=O) groups excluding carboxylic acids is 1. The molecule has 2 rings (SSSR count). The Morgan fingerprint density at radius 3 is 2.89 bits per heavy atom. The lowest BCUT2D eigenvalue weighted by Crippen LogP contribution is -2.42. The zero-order valence-electron chi connectivity index (χ0n) is 10.1. The van der Waals surface area contributed by atoms with E-state index in [0.717, 1.165) is 21.7 Å². The Morgan fingerprint density at radius 1 is 1.56 bits per heavy atom. The predicted octanol–water partition coefficient (Wildman–Crippen LogP) is 2.49. The molecule has 0 radical (unpaired) electrons. The molecule has 1 aromatic rings. The molecule has 0 unspecified atom stereocenters. The fourth-order valence-corrected chi connectivity index (χ4v) is 3.12. The van der Waals surface area contributed by atoms with Gasteiger partial charge >= 0.3 is 0 Å². The highest BCUT2D eigenvalue weighted by Gasteiger charge is 2.25. The van der Waals surface area contributed by atoms with Crippen LogP contribution in [-0.4, -0.2) is 35.5 Å². The molecule has 1 atom stereocenters. The highest BCUT2D eigenvalue weighted by Crippen LogP contribution is 2.18. The number of likely N-dealkylation sites (N-methyl/N-ethyl adjacent to an activating group) is 1. The monoisotopic (exact) mass is 350 g/mol. The number of halogens is 2. The SMILES string of the molecule is CN(Cc1ccccc1Br)C(=O)[C@H]1CSCN1.Cl. The molecule has 1 aliphatic heterocycles. The minimum atomic E-state index is -0.0208. The van der Waals surface area contributed by atoms with E-state index in [4.69, 9.17) is 0 Å². The predicted molar refractivity (Wildman–Crippen MR) is 82.1 cm³/mol. The molecule has 0 spiro atoms. The van der Waals surface area contributed by atoms with Gasteiger partial charge in [0.2, 0.25) is 5.91 Å². The molecule has 6 heteroatoms. The molecule has 1 heterocycles. The first-order valence-corrected chi connectivity index (χ1v) is 7.43. The second kappa shape index (κ2) is 7.38. The van der Waals surface area contributed by atoms with Gasteiger partial charge in [-0.2, -0.15) is 0 Å². The van der Waals surface area contributed by atoms with Crippen LogP contribution in [0.5, 0.6) is 0 Å². The molecule has 1 fully saturated rings. The van der Waals surface area contributed by atoms with Crippen molar-refractivity contribution in [2.24, 2.45) is 0 Å². The van der Waals surface area contributed by atoms with E-state index >= 15 is 0 Å². The summed E-state index contributed by atoms with van der Waals surface area (Å²) in [6.07, 6.45) is 0. The Balaban J connectivity index is 0.00000162. The number of thioether (sulfide) groups is 1. The maximum absolute atomic E-state index is 12.1. The summed E-state index contributed by atoms with van der Waals surface area (Å²) in [5.74, 6) is 1.92. The summed E-state index contributed by atoms with van der Waals surface area (Å²) in [4.78, 5) is 13.9. The van der Waals surface area contributed by atoms with Crippen molar-refractivity contribution in [2.45, 2.75) is 12.6 Å². The maximum atomic E-state index is 12.1. The van der Waals surface area contributed by atoms with E-state index in [1.807, 2.05) is 31.3 Å². The van der Waals surface area contributed by atoms with Gasteiger partial charge in [-0.05, 0) is 11.6 Å². The number of hydrogen-bond acceptors (Lipinski definition) is 3. The van der Waals surface area contributed by atoms with Crippen LogP contribution in [0.1, 0.15) is 5.56 Å². The highest BCUT2D eigenvalue weighted by molar-refractivity contribution is 9.10. The third-order valence-electron chi connectivity index (χ3n) is 2.76. The number of nitrogens with zero attached hydrogens (tertiary/aromatic N) is 1. The van der Waals surface area contributed by atoms with Crippen LogP contribution in [0.2, 0.25) is 0 Å². The molecule has 3 nitrogen and oxygen atoms in total. The first kappa shape index (κ1) is 15.8. The molecule has 0 saturated carbocycles. The van der Waals surface area contributed by atoms with E-state index < -0.39 is 0 Å². The lowest BCUT2D eigenvalue weighted by molar-refractivity contribution is -0.131. The number of carbonyl (C=O) groups is 1. The summed E-state index contributed by atoms with van der Waals surface area (Å²) in [6, 6.07) is 7.97. The van der Waals surface area contributed by atoms with Gasteiger partial charge in [0.25, 0.3) is 0 Å². The Morgan fingerprint density at radius 2 is 2.28 bits per heavy atom. The minimum absolute atomic E-state index is 0. The zero-order valence-corrected chi connectivity index (χ0v) is 13.3. The van der Waals surface area contributed by atoms with Crippen LogP contribution in [-0.2, 0) is 11.3 Å². The molecule has 1 aliphatic rings. The van der Waals surface area contributed by atoms with Gasteiger partial charge in [0, 0.05) is 29.7 Å². The van der Waals surface area contributed by atoms with Crippen LogP contribution in [0.4, 0.5) is 0 Å². The molecule has 100 valence electrons. The van der Waals surface area contributed by atoms with E-state index in [1.165, 1.54) is 0 Å². The summed E-state index contributed by atoms with van der Waals surface area (Å²) in [5.41, 5.74) is 1.13. The van der Waals surface area contributed by atoms with Gasteiger partial charge in [-0.3, -0.25) is 10.1 Å². The van der Waals surface area contributed by atoms with Crippen molar-refractivity contribution < 1.29 is 4.79 Å². The standard InChI is InChI=1S/C12H15BrN2OS.ClH/c1-15(12(16)11-7-17-8-14-11)6-9-4-2-3-5-10(9)13;/h2-5,11,14H,6-8H2,1H3;1H/t11-;/m1./s1. The Labute approximate surface area is 126 Å². The van der Waals surface area contributed by atoms with Gasteiger partial charge < -0.3 is 4.90 Å². The summed E-state index contributed by atoms with van der Waals surface area (Å²) in [7, 11) is 1.85. The van der Waals surface area contributed by atoms with Crippen molar-refractivity contribution in [3.63, 3.8) is 0 Å². The summed E-state index contributed by atoms with van der Waals surface area (Å²) in [6.45, 7) is 0.642.